The van der Waals surface area contributed by atoms with Crippen LogP contribution in [0.5, 0.6) is 0 Å². The molecule has 106 valence electrons. The standard InChI is InChI=1S/C15H19Br2ClO/c1-3-5-6-7-15-13(18)10-12(17)14(19-15)9-8-11(16)4-2/h1,5-6,8,12-15H,4,7,9-10H2,2H3/t12-,13+,14-,15+/m1/s1. The zero-order chi connectivity index (χ0) is 14.3. The molecule has 4 heteroatoms. The molecule has 0 saturated carbocycles. The Bertz CT molecular complexity index is 373. The molecule has 0 aromatic carbocycles. The first-order valence-corrected chi connectivity index (χ1v) is 8.62. The van der Waals surface area contributed by atoms with Gasteiger partial charge in [0.15, 0.2) is 0 Å². The van der Waals surface area contributed by atoms with E-state index in [2.05, 4.69) is 50.8 Å². The van der Waals surface area contributed by atoms with Gasteiger partial charge < -0.3 is 4.74 Å². The molecular weight excluding hydrogens is 391 g/mol. The van der Waals surface area contributed by atoms with Crippen LogP contribution in [0.3, 0.4) is 0 Å². The highest BCUT2D eigenvalue weighted by Gasteiger charge is 2.34. The van der Waals surface area contributed by atoms with Gasteiger partial charge >= 0.3 is 0 Å². The molecule has 0 aliphatic carbocycles. The maximum atomic E-state index is 6.35. The molecule has 0 aromatic rings. The molecular formula is C15H19Br2ClO. The van der Waals surface area contributed by atoms with Gasteiger partial charge in [0.25, 0.3) is 0 Å². The van der Waals surface area contributed by atoms with E-state index in [0.29, 0.717) is 4.83 Å². The number of terminal acetylenes is 1. The Morgan fingerprint density at radius 3 is 2.84 bits per heavy atom. The number of alkyl halides is 2. The number of allylic oxidation sites excluding steroid dienone is 2. The molecule has 1 aliphatic rings. The zero-order valence-electron chi connectivity index (χ0n) is 11.0. The SMILES string of the molecule is C#CC=CC[C@@H]1O[C@H](CC=C(Br)CC)[C@H](Br)C[C@@H]1Cl. The van der Waals surface area contributed by atoms with E-state index >= 15 is 0 Å². The van der Waals surface area contributed by atoms with E-state index in [9.17, 15) is 0 Å². The van der Waals surface area contributed by atoms with E-state index in [0.717, 1.165) is 25.7 Å². The molecule has 0 unspecified atom stereocenters. The topological polar surface area (TPSA) is 9.23 Å². The number of rotatable bonds is 5. The minimum absolute atomic E-state index is 0.0293. The second-order valence-electron chi connectivity index (χ2n) is 4.53. The van der Waals surface area contributed by atoms with Crippen LogP contribution in [0.1, 0.15) is 32.6 Å². The Balaban J connectivity index is 2.57. The highest BCUT2D eigenvalue weighted by Crippen LogP contribution is 2.33. The first kappa shape index (κ1) is 17.3. The minimum Gasteiger partial charge on any atom is -0.372 e. The van der Waals surface area contributed by atoms with Crippen molar-refractivity contribution in [2.75, 3.05) is 0 Å². The molecule has 0 bridgehead atoms. The molecule has 1 saturated heterocycles. The van der Waals surface area contributed by atoms with Crippen LogP contribution >= 0.6 is 43.5 Å². The predicted molar refractivity (Wildman–Crippen MR) is 90.1 cm³/mol. The summed E-state index contributed by atoms with van der Waals surface area (Å²) in [6.07, 6.45) is 14.8. The quantitative estimate of drug-likeness (QED) is 0.449. The van der Waals surface area contributed by atoms with Crippen molar-refractivity contribution in [2.24, 2.45) is 0 Å². The van der Waals surface area contributed by atoms with Crippen LogP contribution in [-0.4, -0.2) is 22.4 Å². The van der Waals surface area contributed by atoms with Gasteiger partial charge in [-0.2, -0.15) is 0 Å². The number of hydrogen-bond donors (Lipinski definition) is 0. The fourth-order valence-corrected chi connectivity index (χ4v) is 3.48. The molecule has 0 radical (unpaired) electrons. The molecule has 19 heavy (non-hydrogen) atoms. The molecule has 1 fully saturated rings. The van der Waals surface area contributed by atoms with Gasteiger partial charge in [0.2, 0.25) is 0 Å². The van der Waals surface area contributed by atoms with Gasteiger partial charge in [-0.05, 0) is 36.2 Å². The molecule has 0 aromatic heterocycles. The van der Waals surface area contributed by atoms with E-state index in [-0.39, 0.29) is 17.6 Å². The largest absolute Gasteiger partial charge is 0.372 e. The van der Waals surface area contributed by atoms with Crippen molar-refractivity contribution in [2.45, 2.75) is 55.0 Å². The third-order valence-corrected chi connectivity index (χ3v) is 5.41. The van der Waals surface area contributed by atoms with E-state index < -0.39 is 0 Å². The second-order valence-corrected chi connectivity index (χ2v) is 7.28. The summed E-state index contributed by atoms with van der Waals surface area (Å²) in [6.45, 7) is 2.12. The summed E-state index contributed by atoms with van der Waals surface area (Å²) in [6, 6.07) is 0. The molecule has 1 rings (SSSR count). The average Bonchev–Trinajstić information content (AvgIpc) is 2.39. The van der Waals surface area contributed by atoms with Gasteiger partial charge in [-0.25, -0.2) is 0 Å². The first-order chi connectivity index (χ1) is 9.08. The highest BCUT2D eigenvalue weighted by molar-refractivity contribution is 9.11. The Kier molecular flexibility index (Phi) is 8.41. The normalized spacial score (nSPS) is 32.5. The average molecular weight is 411 g/mol. The van der Waals surface area contributed by atoms with Gasteiger partial charge in [0, 0.05) is 4.83 Å². The van der Waals surface area contributed by atoms with E-state index in [4.69, 9.17) is 22.8 Å². The van der Waals surface area contributed by atoms with Crippen LogP contribution < -0.4 is 0 Å². The predicted octanol–water partition coefficient (Wildman–Crippen LogP) is 5.17. The van der Waals surface area contributed by atoms with Crippen molar-refractivity contribution in [3.63, 3.8) is 0 Å². The van der Waals surface area contributed by atoms with Crippen molar-refractivity contribution in [1.82, 2.24) is 0 Å². The van der Waals surface area contributed by atoms with E-state index in [1.807, 2.05) is 6.08 Å². The van der Waals surface area contributed by atoms with Crippen LogP contribution in [-0.2, 0) is 4.74 Å². The summed E-state index contributed by atoms with van der Waals surface area (Å²) < 4.78 is 7.30. The lowest BCUT2D eigenvalue weighted by atomic mass is 9.99. The summed E-state index contributed by atoms with van der Waals surface area (Å²) >= 11 is 13.6. The molecule has 0 amide bonds. The fraction of sp³-hybridized carbons (Fsp3) is 0.600. The third-order valence-electron chi connectivity index (χ3n) is 3.10. The van der Waals surface area contributed by atoms with Crippen molar-refractivity contribution >= 4 is 43.5 Å². The van der Waals surface area contributed by atoms with Crippen LogP contribution in [0.4, 0.5) is 0 Å². The Morgan fingerprint density at radius 2 is 2.21 bits per heavy atom. The number of ether oxygens (including phenoxy) is 1. The van der Waals surface area contributed by atoms with Crippen LogP contribution in [0.15, 0.2) is 22.7 Å². The molecule has 1 nitrogen and oxygen atoms in total. The summed E-state index contributed by atoms with van der Waals surface area (Å²) in [5, 5.41) is 0.0293. The second kappa shape index (κ2) is 9.23. The van der Waals surface area contributed by atoms with Gasteiger partial charge in [-0.15, -0.1) is 18.0 Å². The van der Waals surface area contributed by atoms with E-state index in [1.165, 1.54) is 4.48 Å². The van der Waals surface area contributed by atoms with E-state index in [1.54, 1.807) is 6.08 Å². The number of halogens is 3. The van der Waals surface area contributed by atoms with Crippen LogP contribution in [0.2, 0.25) is 0 Å². The summed E-state index contributed by atoms with van der Waals surface area (Å²) in [5.41, 5.74) is 0. The van der Waals surface area contributed by atoms with Gasteiger partial charge in [-0.1, -0.05) is 56.9 Å². The van der Waals surface area contributed by atoms with Crippen LogP contribution in [0, 0.1) is 12.3 Å². The lowest BCUT2D eigenvalue weighted by molar-refractivity contribution is -0.0370. The molecule has 0 N–H and O–H groups in total. The smallest absolute Gasteiger partial charge is 0.0778 e. The lowest BCUT2D eigenvalue weighted by Gasteiger charge is -2.36. The van der Waals surface area contributed by atoms with Crippen molar-refractivity contribution < 1.29 is 4.74 Å². The fourth-order valence-electron chi connectivity index (χ4n) is 1.98. The summed E-state index contributed by atoms with van der Waals surface area (Å²) in [7, 11) is 0. The molecule has 1 heterocycles. The van der Waals surface area contributed by atoms with Gasteiger partial charge in [0.1, 0.15) is 0 Å². The Hall–Kier alpha value is 0.250. The highest BCUT2D eigenvalue weighted by atomic mass is 79.9. The minimum atomic E-state index is 0.0293. The first-order valence-electron chi connectivity index (χ1n) is 6.47. The lowest BCUT2D eigenvalue weighted by Crippen LogP contribution is -2.42. The van der Waals surface area contributed by atoms with Crippen molar-refractivity contribution in [3.05, 3.63) is 22.7 Å². The molecule has 4 atom stereocenters. The summed E-state index contributed by atoms with van der Waals surface area (Å²) in [5.74, 6) is 2.49. The molecule has 0 spiro atoms. The maximum absolute atomic E-state index is 6.35. The van der Waals surface area contributed by atoms with Crippen molar-refractivity contribution in [3.8, 4) is 12.3 Å². The van der Waals surface area contributed by atoms with Crippen molar-refractivity contribution in [1.29, 1.82) is 0 Å². The Morgan fingerprint density at radius 1 is 1.47 bits per heavy atom. The maximum Gasteiger partial charge on any atom is 0.0778 e. The summed E-state index contributed by atoms with van der Waals surface area (Å²) in [4.78, 5) is 0.302. The molecule has 1 aliphatic heterocycles. The number of hydrogen-bond acceptors (Lipinski definition) is 1. The van der Waals surface area contributed by atoms with Gasteiger partial charge in [0.05, 0.1) is 17.6 Å². The van der Waals surface area contributed by atoms with Crippen LogP contribution in [0.25, 0.3) is 0 Å². The zero-order valence-corrected chi connectivity index (χ0v) is 14.9. The Labute approximate surface area is 138 Å². The van der Waals surface area contributed by atoms with Gasteiger partial charge in [-0.3, -0.25) is 0 Å². The monoisotopic (exact) mass is 408 g/mol. The third kappa shape index (κ3) is 6.04.